The summed E-state index contributed by atoms with van der Waals surface area (Å²) in [6.07, 6.45) is 7.33. The van der Waals surface area contributed by atoms with Gasteiger partial charge in [-0.25, -0.2) is 9.79 Å². The van der Waals surface area contributed by atoms with E-state index in [1.54, 1.807) is 12.2 Å². The molecule has 0 spiro atoms. The number of hydrogen-bond donors (Lipinski definition) is 0. The van der Waals surface area contributed by atoms with E-state index in [0.29, 0.717) is 11.6 Å². The quantitative estimate of drug-likeness (QED) is 0.495. The number of hydrogen-bond acceptors (Lipinski definition) is 3. The van der Waals surface area contributed by atoms with Gasteiger partial charge in [0.25, 0.3) is 0 Å². The van der Waals surface area contributed by atoms with Crippen molar-refractivity contribution in [3.63, 3.8) is 0 Å². The maximum absolute atomic E-state index is 11.9. The van der Waals surface area contributed by atoms with Crippen LogP contribution < -0.4 is 4.57 Å². The summed E-state index contributed by atoms with van der Waals surface area (Å²) in [5.41, 5.74) is 2.25. The number of aryl methyl sites for hydroxylation is 1. The van der Waals surface area contributed by atoms with Crippen LogP contribution in [0.25, 0.3) is 12.2 Å². The molecule has 2 heterocycles. The van der Waals surface area contributed by atoms with E-state index in [9.17, 15) is 4.79 Å². The van der Waals surface area contributed by atoms with Crippen LogP contribution in [0.3, 0.4) is 0 Å². The molecule has 0 saturated carbocycles. The third kappa shape index (κ3) is 3.61. The molecule has 0 saturated heterocycles. The highest BCUT2D eigenvalue weighted by Gasteiger charge is 2.21. The number of aliphatic imine (C=N–C) groups is 1. The van der Waals surface area contributed by atoms with Crippen molar-refractivity contribution in [2.24, 2.45) is 4.99 Å². The molecule has 4 heteroatoms. The molecule has 0 radical (unpaired) electrons. The lowest BCUT2D eigenvalue weighted by Gasteiger charge is -1.95. The molecule has 23 heavy (non-hydrogen) atoms. The molecule has 0 fully saturated rings. The first-order valence-corrected chi connectivity index (χ1v) is 7.50. The van der Waals surface area contributed by atoms with E-state index in [4.69, 9.17) is 4.74 Å². The molecular formula is C19H17N2O2+. The number of ether oxygens (including phenoxy) is 1. The Morgan fingerprint density at radius 2 is 1.87 bits per heavy atom. The lowest BCUT2D eigenvalue weighted by atomic mass is 10.2. The number of carbonyl (C=O) groups excluding carboxylic acids is 1. The molecule has 2 aromatic rings. The van der Waals surface area contributed by atoms with E-state index >= 15 is 0 Å². The Kier molecular flexibility index (Phi) is 4.43. The zero-order valence-corrected chi connectivity index (χ0v) is 12.8. The molecule has 1 aliphatic heterocycles. The maximum atomic E-state index is 11.9. The van der Waals surface area contributed by atoms with Crippen molar-refractivity contribution < 1.29 is 14.1 Å². The van der Waals surface area contributed by atoms with Gasteiger partial charge in [-0.2, -0.15) is 4.57 Å². The second kappa shape index (κ2) is 6.83. The summed E-state index contributed by atoms with van der Waals surface area (Å²) in [7, 11) is 0. The Morgan fingerprint density at radius 1 is 1.09 bits per heavy atom. The second-order valence-corrected chi connectivity index (χ2v) is 5.02. The summed E-state index contributed by atoms with van der Waals surface area (Å²) in [4.78, 5) is 16.1. The van der Waals surface area contributed by atoms with Crippen LogP contribution in [0, 0.1) is 0 Å². The summed E-state index contributed by atoms with van der Waals surface area (Å²) in [5, 5.41) is 0. The van der Waals surface area contributed by atoms with Crippen molar-refractivity contribution in [1.82, 2.24) is 0 Å². The highest BCUT2D eigenvalue weighted by molar-refractivity contribution is 6.11. The third-order valence-corrected chi connectivity index (χ3v) is 3.45. The summed E-state index contributed by atoms with van der Waals surface area (Å²) in [6.45, 7) is 2.94. The van der Waals surface area contributed by atoms with Gasteiger partial charge in [0.15, 0.2) is 11.9 Å². The second-order valence-electron chi connectivity index (χ2n) is 5.02. The number of carbonyl (C=O) groups is 1. The first kappa shape index (κ1) is 14.9. The average Bonchev–Trinajstić information content (AvgIpc) is 2.94. The predicted molar refractivity (Wildman–Crippen MR) is 89.3 cm³/mol. The fourth-order valence-corrected chi connectivity index (χ4v) is 2.29. The molecule has 0 unspecified atom stereocenters. The molecule has 3 rings (SSSR count). The van der Waals surface area contributed by atoms with Crippen molar-refractivity contribution in [2.75, 3.05) is 0 Å². The van der Waals surface area contributed by atoms with E-state index in [1.807, 2.05) is 60.8 Å². The number of benzene rings is 1. The van der Waals surface area contributed by atoms with Crippen LogP contribution in [0.1, 0.15) is 18.2 Å². The zero-order chi connectivity index (χ0) is 16.1. The summed E-state index contributed by atoms with van der Waals surface area (Å²) in [5.74, 6) is -0.117. The smallest absolute Gasteiger partial charge is 0.363 e. The first-order valence-electron chi connectivity index (χ1n) is 7.50. The summed E-state index contributed by atoms with van der Waals surface area (Å²) in [6, 6.07) is 15.5. The van der Waals surface area contributed by atoms with Crippen molar-refractivity contribution in [2.45, 2.75) is 13.5 Å². The SMILES string of the molecule is CC[n+]1ccccc1/C=C/C1=NC(=C/c2ccccc2)/C(=O)O1. The molecule has 4 nitrogen and oxygen atoms in total. The molecule has 0 bridgehead atoms. The van der Waals surface area contributed by atoms with E-state index in [0.717, 1.165) is 17.8 Å². The van der Waals surface area contributed by atoms with Crippen LogP contribution in [-0.4, -0.2) is 11.9 Å². The Labute approximate surface area is 135 Å². The molecule has 0 aliphatic carbocycles. The fraction of sp³-hybridized carbons (Fsp3) is 0.105. The Hall–Kier alpha value is -3.01. The number of cyclic esters (lactones) is 1. The van der Waals surface area contributed by atoms with Gasteiger partial charge < -0.3 is 4.74 Å². The van der Waals surface area contributed by atoms with Crippen LogP contribution in [0.5, 0.6) is 0 Å². The van der Waals surface area contributed by atoms with Gasteiger partial charge in [0.2, 0.25) is 11.6 Å². The number of rotatable bonds is 4. The molecule has 0 atom stereocenters. The molecule has 1 aliphatic rings. The Balaban J connectivity index is 1.82. The minimum atomic E-state index is -0.426. The highest BCUT2D eigenvalue weighted by Crippen LogP contribution is 2.16. The van der Waals surface area contributed by atoms with Crippen LogP contribution >= 0.6 is 0 Å². The van der Waals surface area contributed by atoms with Gasteiger partial charge in [-0.1, -0.05) is 30.3 Å². The first-order chi connectivity index (χ1) is 11.3. The van der Waals surface area contributed by atoms with Crippen LogP contribution in [0.15, 0.2) is 71.5 Å². The van der Waals surface area contributed by atoms with Crippen molar-refractivity contribution in [1.29, 1.82) is 0 Å². The average molecular weight is 305 g/mol. The normalized spacial score (nSPS) is 16.0. The van der Waals surface area contributed by atoms with Gasteiger partial charge >= 0.3 is 5.97 Å². The number of aromatic nitrogens is 1. The number of esters is 1. The Morgan fingerprint density at radius 3 is 2.65 bits per heavy atom. The van der Waals surface area contributed by atoms with E-state index in [2.05, 4.69) is 16.5 Å². The number of pyridine rings is 1. The lowest BCUT2D eigenvalue weighted by Crippen LogP contribution is -2.34. The lowest BCUT2D eigenvalue weighted by molar-refractivity contribution is -0.695. The molecule has 1 aromatic heterocycles. The molecular weight excluding hydrogens is 288 g/mol. The monoisotopic (exact) mass is 305 g/mol. The van der Waals surface area contributed by atoms with Gasteiger partial charge in [0, 0.05) is 24.3 Å². The van der Waals surface area contributed by atoms with Crippen LogP contribution in [0.4, 0.5) is 0 Å². The van der Waals surface area contributed by atoms with Crippen LogP contribution in [0.2, 0.25) is 0 Å². The van der Waals surface area contributed by atoms with Crippen LogP contribution in [-0.2, 0) is 16.1 Å². The predicted octanol–water partition coefficient (Wildman–Crippen LogP) is 3.00. The molecule has 0 N–H and O–H groups in total. The molecule has 0 amide bonds. The maximum Gasteiger partial charge on any atom is 0.363 e. The minimum absolute atomic E-state index is 0.309. The summed E-state index contributed by atoms with van der Waals surface area (Å²) < 4.78 is 7.28. The standard InChI is InChI=1S/C19H17N2O2/c1-2-21-13-7-6-10-16(21)11-12-18-20-17(19(22)23-18)14-15-8-4-3-5-9-15/h3-14H,2H2,1H3/q+1/b12-11+,17-14+. The number of nitrogens with zero attached hydrogens (tertiary/aromatic N) is 2. The van der Waals surface area contributed by atoms with Gasteiger partial charge in [-0.3, -0.25) is 0 Å². The van der Waals surface area contributed by atoms with Crippen molar-refractivity contribution >= 4 is 24.0 Å². The zero-order valence-electron chi connectivity index (χ0n) is 12.8. The van der Waals surface area contributed by atoms with Gasteiger partial charge in [-0.15, -0.1) is 0 Å². The topological polar surface area (TPSA) is 42.5 Å². The summed E-state index contributed by atoms with van der Waals surface area (Å²) >= 11 is 0. The highest BCUT2D eigenvalue weighted by atomic mass is 16.6. The largest absolute Gasteiger partial charge is 0.403 e. The van der Waals surface area contributed by atoms with E-state index < -0.39 is 5.97 Å². The minimum Gasteiger partial charge on any atom is -0.403 e. The Bertz CT molecular complexity index is 805. The van der Waals surface area contributed by atoms with Gasteiger partial charge in [-0.05, 0) is 24.6 Å². The third-order valence-electron chi connectivity index (χ3n) is 3.45. The van der Waals surface area contributed by atoms with Gasteiger partial charge in [0.1, 0.15) is 6.54 Å². The van der Waals surface area contributed by atoms with Crippen molar-refractivity contribution in [3.8, 4) is 0 Å². The molecule has 1 aromatic carbocycles. The van der Waals surface area contributed by atoms with E-state index in [1.165, 1.54) is 0 Å². The van der Waals surface area contributed by atoms with Gasteiger partial charge in [0.05, 0.1) is 0 Å². The molecule has 114 valence electrons. The fourth-order valence-electron chi connectivity index (χ4n) is 2.29. The van der Waals surface area contributed by atoms with E-state index in [-0.39, 0.29) is 0 Å². The van der Waals surface area contributed by atoms with Crippen molar-refractivity contribution in [3.05, 3.63) is 77.8 Å².